The van der Waals surface area contributed by atoms with Gasteiger partial charge in [-0.15, -0.1) is 0 Å². The van der Waals surface area contributed by atoms with E-state index in [9.17, 15) is 10.1 Å². The number of hydrogen-bond acceptors (Lipinski definition) is 3. The number of benzene rings is 1. The van der Waals surface area contributed by atoms with Gasteiger partial charge >= 0.3 is 6.03 Å². The van der Waals surface area contributed by atoms with Crippen molar-refractivity contribution >= 4 is 6.03 Å². The zero-order valence-corrected chi connectivity index (χ0v) is 15.6. The van der Waals surface area contributed by atoms with Crippen LogP contribution in [-0.4, -0.2) is 33.6 Å². The van der Waals surface area contributed by atoms with Gasteiger partial charge in [0.25, 0.3) is 0 Å². The minimum Gasteiger partial charge on any atom is -0.336 e. The predicted octanol–water partition coefficient (Wildman–Crippen LogP) is 3.14. The lowest BCUT2D eigenvalue weighted by Crippen LogP contribution is -2.49. The maximum atomic E-state index is 12.9. The molecule has 1 aliphatic carbocycles. The summed E-state index contributed by atoms with van der Waals surface area (Å²) in [5.74, 6) is 1.39. The molecule has 0 bridgehead atoms. The van der Waals surface area contributed by atoms with Gasteiger partial charge < -0.3 is 14.8 Å². The molecule has 2 heterocycles. The van der Waals surface area contributed by atoms with Crippen LogP contribution in [0.25, 0.3) is 0 Å². The fourth-order valence-electron chi connectivity index (χ4n) is 4.04. The molecule has 6 heteroatoms. The molecule has 1 saturated carbocycles. The third-order valence-electron chi connectivity index (χ3n) is 5.95. The summed E-state index contributed by atoms with van der Waals surface area (Å²) in [5, 5.41) is 13.0. The third-order valence-corrected chi connectivity index (χ3v) is 5.95. The maximum Gasteiger partial charge on any atom is 0.317 e. The Morgan fingerprint density at radius 1 is 1.30 bits per heavy atom. The Hall–Kier alpha value is -2.81. The van der Waals surface area contributed by atoms with Crippen LogP contribution in [-0.2, 0) is 12.5 Å². The molecule has 1 aromatic carbocycles. The average Bonchev–Trinajstić information content (AvgIpc) is 3.47. The first-order valence-electron chi connectivity index (χ1n) is 9.62. The number of nitriles is 1. The second kappa shape index (κ2) is 7.07. The summed E-state index contributed by atoms with van der Waals surface area (Å²) < 4.78 is 1.98. The summed E-state index contributed by atoms with van der Waals surface area (Å²) in [5.41, 5.74) is 0.560. The number of rotatable bonds is 4. The van der Waals surface area contributed by atoms with E-state index in [2.05, 4.69) is 16.4 Å². The van der Waals surface area contributed by atoms with E-state index in [0.29, 0.717) is 31.8 Å². The second-order valence-electron chi connectivity index (χ2n) is 7.71. The number of aryl methyl sites for hydroxylation is 1. The van der Waals surface area contributed by atoms with Gasteiger partial charge in [0, 0.05) is 32.5 Å². The van der Waals surface area contributed by atoms with Crippen LogP contribution in [0.15, 0.2) is 42.7 Å². The summed E-state index contributed by atoms with van der Waals surface area (Å²) >= 11 is 0. The van der Waals surface area contributed by atoms with E-state index in [4.69, 9.17) is 0 Å². The molecular weight excluding hydrogens is 338 g/mol. The lowest BCUT2D eigenvalue weighted by Gasteiger charge is -2.38. The number of imidazole rings is 1. The van der Waals surface area contributed by atoms with E-state index >= 15 is 0 Å². The van der Waals surface area contributed by atoms with Gasteiger partial charge in [0.05, 0.1) is 17.5 Å². The molecule has 1 N–H and O–H groups in total. The number of carbonyl (C=O) groups is 1. The summed E-state index contributed by atoms with van der Waals surface area (Å²) in [6, 6.07) is 12.4. The first-order valence-corrected chi connectivity index (χ1v) is 9.62. The Labute approximate surface area is 159 Å². The van der Waals surface area contributed by atoms with Crippen LogP contribution < -0.4 is 5.32 Å². The predicted molar refractivity (Wildman–Crippen MR) is 102 cm³/mol. The Bertz CT molecular complexity index is 841. The number of hydrogen-bond donors (Lipinski definition) is 1. The van der Waals surface area contributed by atoms with Gasteiger partial charge in [-0.2, -0.15) is 5.26 Å². The summed E-state index contributed by atoms with van der Waals surface area (Å²) in [6.45, 7) is 1.18. The summed E-state index contributed by atoms with van der Waals surface area (Å²) in [6.07, 6.45) is 7.28. The molecule has 1 aromatic heterocycles. The number of likely N-dealkylation sites (tertiary alicyclic amines) is 1. The normalized spacial score (nSPS) is 19.9. The molecule has 1 aliphatic heterocycles. The highest BCUT2D eigenvalue weighted by atomic mass is 16.2. The van der Waals surface area contributed by atoms with Gasteiger partial charge in [-0.25, -0.2) is 9.78 Å². The van der Waals surface area contributed by atoms with Crippen molar-refractivity contribution in [2.45, 2.75) is 37.1 Å². The Kier molecular flexibility index (Phi) is 4.61. The van der Waals surface area contributed by atoms with Gasteiger partial charge in [0.2, 0.25) is 0 Å². The Morgan fingerprint density at radius 3 is 2.56 bits per heavy atom. The summed E-state index contributed by atoms with van der Waals surface area (Å²) in [4.78, 5) is 19.2. The van der Waals surface area contributed by atoms with Crippen LogP contribution in [0, 0.1) is 17.2 Å². The number of carbonyl (C=O) groups excluding carboxylic acids is 1. The van der Waals surface area contributed by atoms with Crippen LogP contribution in [0.3, 0.4) is 0 Å². The molecule has 2 fully saturated rings. The van der Waals surface area contributed by atoms with Crippen molar-refractivity contribution in [3.8, 4) is 6.07 Å². The number of nitrogens with one attached hydrogen (secondary N) is 1. The van der Waals surface area contributed by atoms with Crippen LogP contribution in [0.1, 0.15) is 43.1 Å². The lowest BCUT2D eigenvalue weighted by molar-refractivity contribution is 0.166. The van der Waals surface area contributed by atoms with Crippen LogP contribution in [0.4, 0.5) is 4.79 Å². The van der Waals surface area contributed by atoms with Crippen molar-refractivity contribution < 1.29 is 4.79 Å². The fraction of sp³-hybridized carbons (Fsp3) is 0.476. The standard InChI is InChI=1S/C21H25N5O/c1-25-14-11-23-19(25)18(16-7-8-16)24-20(27)26-12-9-21(15-22,10-13-26)17-5-3-2-4-6-17/h2-6,11,14,16,18H,7-10,12-13H2,1H3,(H,24,27)/t18-/m1/s1. The largest absolute Gasteiger partial charge is 0.336 e. The first-order chi connectivity index (χ1) is 13.1. The maximum absolute atomic E-state index is 12.9. The quantitative estimate of drug-likeness (QED) is 0.907. The third kappa shape index (κ3) is 3.42. The lowest BCUT2D eigenvalue weighted by atomic mass is 9.74. The number of amides is 2. The second-order valence-corrected chi connectivity index (χ2v) is 7.71. The van der Waals surface area contributed by atoms with E-state index in [1.54, 1.807) is 6.20 Å². The molecule has 2 aliphatic rings. The molecule has 140 valence electrons. The van der Waals surface area contributed by atoms with E-state index < -0.39 is 5.41 Å². The molecule has 0 unspecified atom stereocenters. The fourth-order valence-corrected chi connectivity index (χ4v) is 4.04. The highest BCUT2D eigenvalue weighted by Gasteiger charge is 2.40. The highest BCUT2D eigenvalue weighted by Crippen LogP contribution is 2.41. The van der Waals surface area contributed by atoms with Crippen molar-refractivity contribution in [2.75, 3.05) is 13.1 Å². The number of urea groups is 1. The Balaban J connectivity index is 1.43. The molecule has 2 amide bonds. The number of nitrogens with zero attached hydrogens (tertiary/aromatic N) is 4. The van der Waals surface area contributed by atoms with Gasteiger partial charge in [-0.1, -0.05) is 30.3 Å². The molecular formula is C21H25N5O. The molecule has 4 rings (SSSR count). The SMILES string of the molecule is Cn1ccnc1[C@H](NC(=O)N1CCC(C#N)(c2ccccc2)CC1)C1CC1. The Morgan fingerprint density at radius 2 is 2.00 bits per heavy atom. The minimum absolute atomic E-state index is 0.0331. The van der Waals surface area contributed by atoms with Crippen molar-refractivity contribution in [2.24, 2.45) is 13.0 Å². The van der Waals surface area contributed by atoms with Gasteiger partial charge in [-0.3, -0.25) is 0 Å². The molecule has 0 radical (unpaired) electrons. The van der Waals surface area contributed by atoms with Crippen molar-refractivity contribution in [1.29, 1.82) is 5.26 Å². The van der Waals surface area contributed by atoms with Gasteiger partial charge in [0.1, 0.15) is 5.82 Å². The van der Waals surface area contributed by atoms with Crippen molar-refractivity contribution in [3.63, 3.8) is 0 Å². The van der Waals surface area contributed by atoms with E-state index in [-0.39, 0.29) is 12.1 Å². The van der Waals surface area contributed by atoms with Crippen molar-refractivity contribution in [1.82, 2.24) is 19.8 Å². The highest BCUT2D eigenvalue weighted by molar-refractivity contribution is 5.75. The van der Waals surface area contributed by atoms with Gasteiger partial charge in [0.15, 0.2) is 0 Å². The zero-order chi connectivity index (χ0) is 18.9. The van der Waals surface area contributed by atoms with Crippen LogP contribution in [0.5, 0.6) is 0 Å². The molecule has 1 saturated heterocycles. The number of aromatic nitrogens is 2. The molecule has 0 spiro atoms. The van der Waals surface area contributed by atoms with Crippen molar-refractivity contribution in [3.05, 3.63) is 54.1 Å². The van der Waals surface area contributed by atoms with Gasteiger partial charge in [-0.05, 0) is 37.2 Å². The smallest absolute Gasteiger partial charge is 0.317 e. The molecule has 6 nitrogen and oxygen atoms in total. The monoisotopic (exact) mass is 363 g/mol. The molecule has 2 aromatic rings. The average molecular weight is 363 g/mol. The van der Waals surface area contributed by atoms with E-state index in [1.807, 2.05) is 53.0 Å². The van der Waals surface area contributed by atoms with Crippen LogP contribution >= 0.6 is 0 Å². The topological polar surface area (TPSA) is 74.0 Å². The van der Waals surface area contributed by atoms with Crippen LogP contribution in [0.2, 0.25) is 0 Å². The minimum atomic E-state index is -0.492. The first kappa shape index (κ1) is 17.6. The zero-order valence-electron chi connectivity index (χ0n) is 15.6. The van der Waals surface area contributed by atoms with E-state index in [0.717, 1.165) is 24.2 Å². The molecule has 1 atom stereocenters. The molecule has 27 heavy (non-hydrogen) atoms. The number of piperidine rings is 1. The van der Waals surface area contributed by atoms with E-state index in [1.165, 1.54) is 0 Å². The summed E-state index contributed by atoms with van der Waals surface area (Å²) in [7, 11) is 1.96.